The van der Waals surface area contributed by atoms with Gasteiger partial charge in [-0.25, -0.2) is 8.42 Å². The van der Waals surface area contributed by atoms with Crippen molar-refractivity contribution in [2.45, 2.75) is 4.90 Å². The van der Waals surface area contributed by atoms with Gasteiger partial charge in [0.25, 0.3) is 5.56 Å². The monoisotopic (exact) mass is 357 g/mol. The van der Waals surface area contributed by atoms with Crippen LogP contribution in [0.3, 0.4) is 0 Å². The summed E-state index contributed by atoms with van der Waals surface area (Å²) in [6.07, 6.45) is 2.36. The maximum Gasteiger partial charge on any atom is 0.277 e. The van der Waals surface area contributed by atoms with Crippen molar-refractivity contribution < 1.29 is 13.2 Å². The van der Waals surface area contributed by atoms with Gasteiger partial charge in [-0.05, 0) is 12.1 Å². The Kier molecular flexibility index (Phi) is 4.41. The fourth-order valence-corrected chi connectivity index (χ4v) is 3.64. The molecule has 0 radical (unpaired) electrons. The average Bonchev–Trinajstić information content (AvgIpc) is 2.76. The number of carbonyl (C=O) groups excluding carboxylic acids is 1. The van der Waals surface area contributed by atoms with Crippen LogP contribution >= 0.6 is 11.6 Å². The Bertz CT molecular complexity index is 941. The van der Waals surface area contributed by atoms with E-state index in [0.717, 1.165) is 6.26 Å². The number of aromatic amines is 1. The summed E-state index contributed by atoms with van der Waals surface area (Å²) in [5, 5.41) is 2.61. The first-order valence-electron chi connectivity index (χ1n) is 6.54. The smallest absolute Gasteiger partial charge is 0.277 e. The molecule has 0 atom stereocenters. The summed E-state index contributed by atoms with van der Waals surface area (Å²) in [5.74, 6) is -0.569. The van der Waals surface area contributed by atoms with Crippen LogP contribution in [0.4, 0.5) is 5.69 Å². The lowest BCUT2D eigenvalue weighted by atomic mass is 10.1. The number of halogens is 1. The molecule has 124 valence electrons. The first-order valence-corrected chi connectivity index (χ1v) is 8.81. The van der Waals surface area contributed by atoms with Crippen molar-refractivity contribution in [2.24, 2.45) is 7.05 Å². The lowest BCUT2D eigenvalue weighted by molar-refractivity contribution is 0.103. The largest absolute Gasteiger partial charge is 0.375 e. The summed E-state index contributed by atoms with van der Waals surface area (Å²) in [4.78, 5) is 26.0. The molecule has 0 bridgehead atoms. The number of hydrogen-bond acceptors (Lipinski definition) is 5. The summed E-state index contributed by atoms with van der Waals surface area (Å²) in [6, 6.07) is 2.64. The second-order valence-electron chi connectivity index (χ2n) is 5.32. The molecular weight excluding hydrogens is 342 g/mol. The summed E-state index contributed by atoms with van der Waals surface area (Å²) >= 11 is 6.27. The van der Waals surface area contributed by atoms with E-state index in [1.807, 2.05) is 0 Å². The second-order valence-corrected chi connectivity index (χ2v) is 7.68. The molecule has 0 saturated heterocycles. The number of aromatic nitrogens is 2. The Balaban J connectivity index is 2.71. The van der Waals surface area contributed by atoms with Crippen LogP contribution in [0.15, 0.2) is 28.0 Å². The minimum atomic E-state index is -3.52. The molecular formula is C14H16ClN3O4S. The third kappa shape index (κ3) is 3.04. The molecule has 1 N–H and O–H groups in total. The third-order valence-electron chi connectivity index (χ3n) is 3.35. The zero-order chi connectivity index (χ0) is 17.5. The number of benzene rings is 1. The van der Waals surface area contributed by atoms with Crippen molar-refractivity contribution >= 4 is 32.9 Å². The molecule has 0 spiro atoms. The zero-order valence-electron chi connectivity index (χ0n) is 13.0. The highest BCUT2D eigenvalue weighted by Gasteiger charge is 2.25. The molecule has 7 nitrogen and oxygen atoms in total. The molecule has 0 aliphatic carbocycles. The van der Waals surface area contributed by atoms with E-state index in [-0.39, 0.29) is 26.7 Å². The van der Waals surface area contributed by atoms with Crippen LogP contribution in [0.5, 0.6) is 0 Å². The molecule has 0 amide bonds. The normalized spacial score (nSPS) is 11.5. The van der Waals surface area contributed by atoms with Gasteiger partial charge in [-0.15, -0.1) is 0 Å². The number of sulfone groups is 1. The number of ketones is 1. The Hall–Kier alpha value is -2.06. The number of carbonyl (C=O) groups is 1. The molecule has 0 unspecified atom stereocenters. The van der Waals surface area contributed by atoms with Gasteiger partial charge in [0.2, 0.25) is 5.78 Å². The second kappa shape index (κ2) is 5.86. The number of aryl methyl sites for hydroxylation is 1. The molecule has 2 rings (SSSR count). The average molecular weight is 358 g/mol. The van der Waals surface area contributed by atoms with Gasteiger partial charge in [-0.1, -0.05) is 11.6 Å². The van der Waals surface area contributed by atoms with E-state index in [1.165, 1.54) is 35.0 Å². The number of H-pyrrole nitrogens is 1. The lowest BCUT2D eigenvalue weighted by Crippen LogP contribution is -2.20. The highest BCUT2D eigenvalue weighted by atomic mass is 35.5. The summed E-state index contributed by atoms with van der Waals surface area (Å²) in [7, 11) is 1.21. The van der Waals surface area contributed by atoms with Crippen LogP contribution in [0.25, 0.3) is 0 Å². The van der Waals surface area contributed by atoms with Gasteiger partial charge in [0.1, 0.15) is 5.56 Å². The Morgan fingerprint density at radius 1 is 1.26 bits per heavy atom. The predicted molar refractivity (Wildman–Crippen MR) is 88.4 cm³/mol. The topological polar surface area (TPSA) is 92.2 Å². The zero-order valence-corrected chi connectivity index (χ0v) is 14.6. The number of anilines is 1. The highest BCUT2D eigenvalue weighted by molar-refractivity contribution is 7.90. The predicted octanol–water partition coefficient (Wildman–Crippen LogP) is 1.07. The van der Waals surface area contributed by atoms with Crippen molar-refractivity contribution in [3.63, 3.8) is 0 Å². The van der Waals surface area contributed by atoms with Crippen molar-refractivity contribution in [1.82, 2.24) is 9.78 Å². The van der Waals surface area contributed by atoms with E-state index in [2.05, 4.69) is 5.10 Å². The Morgan fingerprint density at radius 2 is 1.87 bits per heavy atom. The molecule has 0 aliphatic rings. The minimum absolute atomic E-state index is 0.00817. The third-order valence-corrected chi connectivity index (χ3v) is 4.86. The van der Waals surface area contributed by atoms with Gasteiger partial charge < -0.3 is 10.00 Å². The van der Waals surface area contributed by atoms with Crippen molar-refractivity contribution in [3.8, 4) is 0 Å². The van der Waals surface area contributed by atoms with Crippen LogP contribution in [-0.2, 0) is 16.9 Å². The minimum Gasteiger partial charge on any atom is -0.375 e. The molecule has 23 heavy (non-hydrogen) atoms. The number of nitrogens with zero attached hydrogens (tertiary/aromatic N) is 2. The van der Waals surface area contributed by atoms with Gasteiger partial charge in [0, 0.05) is 39.2 Å². The van der Waals surface area contributed by atoms with Crippen LogP contribution in [0.2, 0.25) is 5.02 Å². The first kappa shape index (κ1) is 17.3. The maximum absolute atomic E-state index is 12.6. The highest BCUT2D eigenvalue weighted by Crippen LogP contribution is 2.35. The molecule has 0 saturated carbocycles. The molecule has 2 aromatic rings. The molecule has 1 aromatic carbocycles. The first-order chi connectivity index (χ1) is 10.6. The molecule has 1 heterocycles. The van der Waals surface area contributed by atoms with E-state index < -0.39 is 21.2 Å². The van der Waals surface area contributed by atoms with Crippen LogP contribution in [-0.4, -0.2) is 44.3 Å². The van der Waals surface area contributed by atoms with Crippen LogP contribution in [0, 0.1) is 0 Å². The summed E-state index contributed by atoms with van der Waals surface area (Å²) < 4.78 is 24.9. The lowest BCUT2D eigenvalue weighted by Gasteiger charge is -2.19. The maximum atomic E-state index is 12.6. The van der Waals surface area contributed by atoms with Gasteiger partial charge in [0.05, 0.1) is 15.6 Å². The van der Waals surface area contributed by atoms with Crippen molar-refractivity contribution in [3.05, 3.63) is 44.8 Å². The van der Waals surface area contributed by atoms with Gasteiger partial charge in [-0.3, -0.25) is 14.3 Å². The SMILES string of the molecule is CN(C)c1c(S(C)(=O)=O)ccc(C(=O)c2c[nH]n(C)c2=O)c1Cl. The fourth-order valence-electron chi connectivity index (χ4n) is 2.21. The Morgan fingerprint density at radius 3 is 2.30 bits per heavy atom. The Labute approximate surface area is 138 Å². The van der Waals surface area contributed by atoms with Gasteiger partial charge in [-0.2, -0.15) is 0 Å². The van der Waals surface area contributed by atoms with Crippen molar-refractivity contribution in [2.75, 3.05) is 25.3 Å². The summed E-state index contributed by atoms with van der Waals surface area (Å²) in [5.41, 5.74) is -0.261. The fraction of sp³-hybridized carbons (Fsp3) is 0.286. The number of rotatable bonds is 4. The quantitative estimate of drug-likeness (QED) is 0.826. The van der Waals surface area contributed by atoms with Crippen LogP contribution in [0.1, 0.15) is 15.9 Å². The van der Waals surface area contributed by atoms with Crippen LogP contribution < -0.4 is 10.5 Å². The molecule has 0 fully saturated rings. The van der Waals surface area contributed by atoms with E-state index in [0.29, 0.717) is 0 Å². The van der Waals surface area contributed by atoms with E-state index >= 15 is 0 Å². The van der Waals surface area contributed by atoms with E-state index in [4.69, 9.17) is 11.6 Å². The van der Waals surface area contributed by atoms with E-state index in [9.17, 15) is 18.0 Å². The molecule has 1 aromatic heterocycles. The van der Waals surface area contributed by atoms with Crippen molar-refractivity contribution in [1.29, 1.82) is 0 Å². The summed E-state index contributed by atoms with van der Waals surface area (Å²) in [6.45, 7) is 0. The van der Waals surface area contributed by atoms with E-state index in [1.54, 1.807) is 14.1 Å². The van der Waals surface area contributed by atoms with Gasteiger partial charge >= 0.3 is 0 Å². The van der Waals surface area contributed by atoms with Gasteiger partial charge in [0.15, 0.2) is 9.84 Å². The number of hydrogen-bond donors (Lipinski definition) is 1. The molecule has 0 aliphatic heterocycles. The molecule has 9 heteroatoms. The number of nitrogens with one attached hydrogen (secondary N) is 1. The standard InChI is InChI=1S/C14H16ClN3O4S/c1-17(2)12-10(23(4,21)22)6-5-8(11(12)15)13(19)9-7-16-18(3)14(9)20/h5-7,16H,1-4H3.